The molecule has 0 heterocycles. The molecule has 4 heteroatoms. The Bertz CT molecular complexity index is 326. The maximum absolute atomic E-state index is 10.4. The molecule has 0 atom stereocenters. The van der Waals surface area contributed by atoms with Crippen molar-refractivity contribution in [3.63, 3.8) is 0 Å². The number of rotatable bonds is 6. The van der Waals surface area contributed by atoms with Gasteiger partial charge in [-0.25, -0.2) is 0 Å². The molecule has 4 nitrogen and oxygen atoms in total. The first-order chi connectivity index (χ1) is 7.18. The van der Waals surface area contributed by atoms with Crippen LogP contribution in [0.2, 0.25) is 0 Å². The van der Waals surface area contributed by atoms with E-state index in [0.717, 1.165) is 18.5 Å². The minimum atomic E-state index is -0.269. The van der Waals surface area contributed by atoms with Crippen LogP contribution in [0, 0.1) is 0 Å². The van der Waals surface area contributed by atoms with Crippen molar-refractivity contribution in [1.29, 1.82) is 0 Å². The number of primary amides is 1. The molecule has 1 aromatic rings. The number of aromatic hydroxyl groups is 1. The van der Waals surface area contributed by atoms with Gasteiger partial charge in [0.25, 0.3) is 0 Å². The molecule has 0 aromatic heterocycles. The van der Waals surface area contributed by atoms with Crippen molar-refractivity contribution in [1.82, 2.24) is 5.32 Å². The van der Waals surface area contributed by atoms with Gasteiger partial charge < -0.3 is 16.2 Å². The predicted molar refractivity (Wildman–Crippen MR) is 58.2 cm³/mol. The van der Waals surface area contributed by atoms with E-state index in [0.29, 0.717) is 13.0 Å². The fraction of sp³-hybridized carbons (Fsp3) is 0.364. The summed E-state index contributed by atoms with van der Waals surface area (Å²) >= 11 is 0. The topological polar surface area (TPSA) is 75.4 Å². The lowest BCUT2D eigenvalue weighted by molar-refractivity contribution is -0.118. The number of hydrogen-bond donors (Lipinski definition) is 3. The van der Waals surface area contributed by atoms with Crippen molar-refractivity contribution in [2.24, 2.45) is 5.73 Å². The quantitative estimate of drug-likeness (QED) is 0.604. The van der Waals surface area contributed by atoms with Crippen LogP contribution in [0.5, 0.6) is 5.75 Å². The summed E-state index contributed by atoms with van der Waals surface area (Å²) in [4.78, 5) is 10.4. The summed E-state index contributed by atoms with van der Waals surface area (Å²) in [6.45, 7) is 1.44. The number of phenols is 1. The van der Waals surface area contributed by atoms with E-state index < -0.39 is 0 Å². The van der Waals surface area contributed by atoms with Gasteiger partial charge in [0.05, 0.1) is 0 Å². The number of benzene rings is 1. The van der Waals surface area contributed by atoms with Gasteiger partial charge in [0.1, 0.15) is 5.75 Å². The minimum Gasteiger partial charge on any atom is -0.508 e. The molecule has 1 rings (SSSR count). The van der Waals surface area contributed by atoms with E-state index in [1.54, 1.807) is 18.2 Å². The van der Waals surface area contributed by atoms with E-state index in [-0.39, 0.29) is 11.7 Å². The Morgan fingerprint density at radius 1 is 1.47 bits per heavy atom. The first-order valence-corrected chi connectivity index (χ1v) is 4.95. The summed E-state index contributed by atoms with van der Waals surface area (Å²) in [6, 6.07) is 7.08. The van der Waals surface area contributed by atoms with E-state index in [9.17, 15) is 9.90 Å². The van der Waals surface area contributed by atoms with Gasteiger partial charge in [-0.05, 0) is 30.7 Å². The van der Waals surface area contributed by atoms with Crippen LogP contribution in [-0.4, -0.2) is 17.6 Å². The van der Waals surface area contributed by atoms with Crippen molar-refractivity contribution in [2.75, 3.05) is 6.54 Å². The molecule has 82 valence electrons. The maximum atomic E-state index is 10.4. The van der Waals surface area contributed by atoms with Crippen molar-refractivity contribution < 1.29 is 9.90 Å². The van der Waals surface area contributed by atoms with Crippen molar-refractivity contribution in [3.05, 3.63) is 29.8 Å². The van der Waals surface area contributed by atoms with Gasteiger partial charge >= 0.3 is 0 Å². The average molecular weight is 208 g/mol. The first kappa shape index (κ1) is 11.5. The highest BCUT2D eigenvalue weighted by atomic mass is 16.3. The molecule has 0 aliphatic carbocycles. The molecule has 0 bridgehead atoms. The zero-order valence-corrected chi connectivity index (χ0v) is 8.57. The Labute approximate surface area is 89.1 Å². The molecule has 0 aliphatic heterocycles. The van der Waals surface area contributed by atoms with Gasteiger partial charge in [0.2, 0.25) is 5.91 Å². The van der Waals surface area contributed by atoms with Gasteiger partial charge in [-0.15, -0.1) is 0 Å². The van der Waals surface area contributed by atoms with Crippen LogP contribution in [0.3, 0.4) is 0 Å². The maximum Gasteiger partial charge on any atom is 0.217 e. The number of amides is 1. The lowest BCUT2D eigenvalue weighted by Crippen LogP contribution is -2.18. The summed E-state index contributed by atoms with van der Waals surface area (Å²) in [5.41, 5.74) is 6.03. The van der Waals surface area contributed by atoms with Gasteiger partial charge in [0.15, 0.2) is 0 Å². The summed E-state index contributed by atoms with van der Waals surface area (Å²) in [6.07, 6.45) is 1.15. The Kier molecular flexibility index (Phi) is 4.63. The van der Waals surface area contributed by atoms with Gasteiger partial charge in [0, 0.05) is 13.0 Å². The molecule has 0 radical (unpaired) electrons. The van der Waals surface area contributed by atoms with Gasteiger partial charge in [-0.3, -0.25) is 4.79 Å². The molecule has 0 aliphatic rings. The normalized spacial score (nSPS) is 10.1. The number of carbonyl (C=O) groups is 1. The van der Waals surface area contributed by atoms with Gasteiger partial charge in [-0.2, -0.15) is 0 Å². The molecule has 0 saturated heterocycles. The van der Waals surface area contributed by atoms with E-state index in [2.05, 4.69) is 5.32 Å². The summed E-state index contributed by atoms with van der Waals surface area (Å²) in [5.74, 6) is 0.000548. The second kappa shape index (κ2) is 6.03. The predicted octanol–water partition coefficient (Wildman–Crippen LogP) is 0.747. The zero-order valence-electron chi connectivity index (χ0n) is 8.57. The molecule has 0 spiro atoms. The Balaban J connectivity index is 2.17. The molecular formula is C11H16N2O2. The van der Waals surface area contributed by atoms with Crippen LogP contribution in [0.25, 0.3) is 0 Å². The molecule has 0 saturated carbocycles. The molecular weight excluding hydrogens is 192 g/mol. The molecule has 1 aromatic carbocycles. The zero-order chi connectivity index (χ0) is 11.1. The van der Waals surface area contributed by atoms with Crippen LogP contribution in [0.15, 0.2) is 24.3 Å². The standard InChI is InChI=1S/C11H16N2O2/c12-11(15)5-2-6-13-8-9-3-1-4-10(14)7-9/h1,3-4,7,13-14H,2,5-6,8H2,(H2,12,15). The minimum absolute atomic E-state index is 0.269. The molecule has 1 amide bonds. The van der Waals surface area contributed by atoms with Crippen molar-refractivity contribution >= 4 is 5.91 Å². The SMILES string of the molecule is NC(=O)CCCNCc1cccc(O)c1. The number of carbonyl (C=O) groups excluding carboxylic acids is 1. The van der Waals surface area contributed by atoms with Crippen LogP contribution < -0.4 is 11.1 Å². The van der Waals surface area contributed by atoms with Crippen LogP contribution in [0.4, 0.5) is 0 Å². The molecule has 4 N–H and O–H groups in total. The van der Waals surface area contributed by atoms with Crippen molar-refractivity contribution in [2.45, 2.75) is 19.4 Å². The summed E-state index contributed by atoms with van der Waals surface area (Å²) in [5, 5.41) is 12.4. The van der Waals surface area contributed by atoms with Crippen LogP contribution in [0.1, 0.15) is 18.4 Å². The number of nitrogens with one attached hydrogen (secondary N) is 1. The highest BCUT2D eigenvalue weighted by Crippen LogP contribution is 2.10. The Hall–Kier alpha value is -1.55. The lowest BCUT2D eigenvalue weighted by atomic mass is 10.2. The third-order valence-corrected chi connectivity index (χ3v) is 2.02. The second-order valence-electron chi connectivity index (χ2n) is 3.42. The number of nitrogens with two attached hydrogens (primary N) is 1. The lowest BCUT2D eigenvalue weighted by Gasteiger charge is -2.04. The fourth-order valence-corrected chi connectivity index (χ4v) is 1.29. The van der Waals surface area contributed by atoms with E-state index in [4.69, 9.17) is 5.73 Å². The second-order valence-corrected chi connectivity index (χ2v) is 3.42. The van der Waals surface area contributed by atoms with E-state index >= 15 is 0 Å². The van der Waals surface area contributed by atoms with E-state index in [1.807, 2.05) is 6.07 Å². The van der Waals surface area contributed by atoms with Crippen LogP contribution >= 0.6 is 0 Å². The van der Waals surface area contributed by atoms with Crippen molar-refractivity contribution in [3.8, 4) is 5.75 Å². The largest absolute Gasteiger partial charge is 0.508 e. The third kappa shape index (κ3) is 5.02. The highest BCUT2D eigenvalue weighted by molar-refractivity contribution is 5.73. The molecule has 0 unspecified atom stereocenters. The Morgan fingerprint density at radius 2 is 2.27 bits per heavy atom. The van der Waals surface area contributed by atoms with Crippen LogP contribution in [-0.2, 0) is 11.3 Å². The monoisotopic (exact) mass is 208 g/mol. The Morgan fingerprint density at radius 3 is 2.93 bits per heavy atom. The average Bonchev–Trinajstić information content (AvgIpc) is 2.17. The molecule has 0 fully saturated rings. The van der Waals surface area contributed by atoms with E-state index in [1.165, 1.54) is 0 Å². The summed E-state index contributed by atoms with van der Waals surface area (Å²) < 4.78 is 0. The third-order valence-electron chi connectivity index (χ3n) is 2.02. The van der Waals surface area contributed by atoms with Gasteiger partial charge in [-0.1, -0.05) is 12.1 Å². The molecule has 15 heavy (non-hydrogen) atoms. The number of hydrogen-bond acceptors (Lipinski definition) is 3. The smallest absolute Gasteiger partial charge is 0.217 e. The first-order valence-electron chi connectivity index (χ1n) is 4.95. The fourth-order valence-electron chi connectivity index (χ4n) is 1.29. The summed E-state index contributed by atoms with van der Waals surface area (Å²) in [7, 11) is 0. The number of phenolic OH excluding ortho intramolecular Hbond substituents is 1. The highest BCUT2D eigenvalue weighted by Gasteiger charge is 1.96.